The van der Waals surface area contributed by atoms with Crippen molar-refractivity contribution in [3.63, 3.8) is 0 Å². The molecule has 0 saturated heterocycles. The van der Waals surface area contributed by atoms with Crippen molar-refractivity contribution in [2.75, 3.05) is 0 Å². The number of aromatic hydroxyl groups is 2. The van der Waals surface area contributed by atoms with Crippen molar-refractivity contribution in [3.05, 3.63) is 69.2 Å². The molecule has 3 aromatic rings. The summed E-state index contributed by atoms with van der Waals surface area (Å²) in [6.07, 6.45) is 1.34. The largest absolute Gasteiger partial charge is 0.507 e. The summed E-state index contributed by atoms with van der Waals surface area (Å²) in [4.78, 5) is 14.3. The molecule has 120 valence electrons. The molecular weight excluding hydrogens is 332 g/mol. The standard InChI is InChI=1S/C17H11ClN2O4/c18-14-7-11(20(23)24)8-15(17(14)22)19-9-13-12-4-2-1-3-10(12)5-6-16(13)21/h1-9,21-22H. The Bertz CT molecular complexity index is 986. The average molecular weight is 343 g/mol. The van der Waals surface area contributed by atoms with Gasteiger partial charge in [0.25, 0.3) is 5.69 Å². The molecule has 0 spiro atoms. The van der Waals surface area contributed by atoms with Gasteiger partial charge in [0.2, 0.25) is 0 Å². The van der Waals surface area contributed by atoms with Gasteiger partial charge in [-0.1, -0.05) is 41.9 Å². The Balaban J connectivity index is 2.13. The number of nitro benzene ring substituents is 1. The van der Waals surface area contributed by atoms with Crippen LogP contribution < -0.4 is 0 Å². The highest BCUT2D eigenvalue weighted by molar-refractivity contribution is 6.32. The predicted octanol–water partition coefficient (Wildman–Crippen LogP) is 4.56. The molecule has 0 saturated carbocycles. The van der Waals surface area contributed by atoms with Crippen LogP contribution in [0, 0.1) is 10.1 Å². The fourth-order valence-corrected chi connectivity index (χ4v) is 2.54. The van der Waals surface area contributed by atoms with Gasteiger partial charge in [-0.3, -0.25) is 15.1 Å². The molecule has 3 rings (SSSR count). The van der Waals surface area contributed by atoms with Crippen LogP contribution >= 0.6 is 11.6 Å². The summed E-state index contributed by atoms with van der Waals surface area (Å²) in [5, 5.41) is 32.4. The number of nitro groups is 1. The van der Waals surface area contributed by atoms with Gasteiger partial charge in [0, 0.05) is 23.9 Å². The Morgan fingerprint density at radius 1 is 1.12 bits per heavy atom. The summed E-state index contributed by atoms with van der Waals surface area (Å²) < 4.78 is 0. The van der Waals surface area contributed by atoms with Crippen molar-refractivity contribution in [1.82, 2.24) is 0 Å². The van der Waals surface area contributed by atoms with E-state index in [1.165, 1.54) is 12.3 Å². The maximum Gasteiger partial charge on any atom is 0.273 e. The Hall–Kier alpha value is -3.12. The van der Waals surface area contributed by atoms with Gasteiger partial charge in [0.05, 0.1) is 9.95 Å². The fraction of sp³-hybridized carbons (Fsp3) is 0. The van der Waals surface area contributed by atoms with Gasteiger partial charge in [-0.2, -0.15) is 0 Å². The van der Waals surface area contributed by atoms with E-state index in [9.17, 15) is 20.3 Å². The van der Waals surface area contributed by atoms with E-state index in [0.29, 0.717) is 5.56 Å². The van der Waals surface area contributed by atoms with Crippen LogP contribution in [0.3, 0.4) is 0 Å². The summed E-state index contributed by atoms with van der Waals surface area (Å²) in [7, 11) is 0. The Labute approximate surface area is 141 Å². The van der Waals surface area contributed by atoms with E-state index in [4.69, 9.17) is 11.6 Å². The highest BCUT2D eigenvalue weighted by Crippen LogP contribution is 2.38. The first-order chi connectivity index (χ1) is 11.5. The van der Waals surface area contributed by atoms with Crippen LogP contribution in [0.2, 0.25) is 5.02 Å². The number of fused-ring (bicyclic) bond motifs is 1. The van der Waals surface area contributed by atoms with E-state index in [-0.39, 0.29) is 27.9 Å². The van der Waals surface area contributed by atoms with Crippen molar-refractivity contribution >= 4 is 40.0 Å². The number of nitrogens with zero attached hydrogens (tertiary/aromatic N) is 2. The number of phenolic OH excluding ortho intramolecular Hbond substituents is 2. The normalized spacial score (nSPS) is 11.2. The third-order valence-electron chi connectivity index (χ3n) is 3.52. The lowest BCUT2D eigenvalue weighted by atomic mass is 10.0. The molecule has 24 heavy (non-hydrogen) atoms. The van der Waals surface area contributed by atoms with E-state index < -0.39 is 4.92 Å². The second kappa shape index (κ2) is 6.17. The fourth-order valence-electron chi connectivity index (χ4n) is 2.33. The minimum absolute atomic E-state index is 0.00784. The van der Waals surface area contributed by atoms with Gasteiger partial charge in [0.1, 0.15) is 11.4 Å². The number of phenols is 2. The zero-order valence-electron chi connectivity index (χ0n) is 12.2. The number of halogens is 1. The number of rotatable bonds is 3. The highest BCUT2D eigenvalue weighted by Gasteiger charge is 2.14. The molecule has 2 N–H and O–H groups in total. The van der Waals surface area contributed by atoms with Gasteiger partial charge in [-0.05, 0) is 16.8 Å². The van der Waals surface area contributed by atoms with E-state index >= 15 is 0 Å². The summed E-state index contributed by atoms with van der Waals surface area (Å²) in [5.74, 6) is -0.355. The van der Waals surface area contributed by atoms with E-state index in [1.807, 2.05) is 24.3 Å². The number of non-ortho nitro benzene ring substituents is 1. The maximum atomic E-state index is 10.9. The highest BCUT2D eigenvalue weighted by atomic mass is 35.5. The Kier molecular flexibility index (Phi) is 4.05. The van der Waals surface area contributed by atoms with Gasteiger partial charge < -0.3 is 10.2 Å². The molecule has 0 aliphatic carbocycles. The van der Waals surface area contributed by atoms with Crippen LogP contribution in [0.1, 0.15) is 5.56 Å². The van der Waals surface area contributed by atoms with Gasteiger partial charge >= 0.3 is 0 Å². The minimum Gasteiger partial charge on any atom is -0.507 e. The quantitative estimate of drug-likeness (QED) is 0.414. The molecule has 7 heteroatoms. The molecule has 0 bridgehead atoms. The molecule has 0 radical (unpaired) electrons. The molecule has 0 unspecified atom stereocenters. The third-order valence-corrected chi connectivity index (χ3v) is 3.81. The topological polar surface area (TPSA) is 96.0 Å². The Morgan fingerprint density at radius 3 is 2.62 bits per heavy atom. The second-order valence-corrected chi connectivity index (χ2v) is 5.44. The van der Waals surface area contributed by atoms with E-state index in [0.717, 1.165) is 22.9 Å². The van der Waals surface area contributed by atoms with Gasteiger partial charge in [0.15, 0.2) is 5.75 Å². The van der Waals surface area contributed by atoms with Crippen molar-refractivity contribution in [3.8, 4) is 11.5 Å². The molecule has 0 aliphatic rings. The molecule has 6 nitrogen and oxygen atoms in total. The number of aliphatic imine (C=N–C) groups is 1. The summed E-state index contributed by atoms with van der Waals surface area (Å²) in [6.45, 7) is 0. The lowest BCUT2D eigenvalue weighted by Crippen LogP contribution is -1.89. The van der Waals surface area contributed by atoms with Crippen LogP contribution in [-0.4, -0.2) is 21.4 Å². The van der Waals surface area contributed by atoms with Crippen LogP contribution in [0.4, 0.5) is 11.4 Å². The molecule has 0 aromatic heterocycles. The monoisotopic (exact) mass is 342 g/mol. The zero-order chi connectivity index (χ0) is 17.3. The third kappa shape index (κ3) is 2.87. The van der Waals surface area contributed by atoms with Crippen molar-refractivity contribution in [2.45, 2.75) is 0 Å². The zero-order valence-corrected chi connectivity index (χ0v) is 12.9. The summed E-state index contributed by atoms with van der Waals surface area (Å²) >= 11 is 5.79. The number of benzene rings is 3. The molecular formula is C17H11ClN2O4. The first-order valence-corrected chi connectivity index (χ1v) is 7.27. The van der Waals surface area contributed by atoms with Crippen LogP contribution in [-0.2, 0) is 0 Å². The lowest BCUT2D eigenvalue weighted by Gasteiger charge is -2.05. The van der Waals surface area contributed by atoms with Crippen molar-refractivity contribution in [2.24, 2.45) is 4.99 Å². The lowest BCUT2D eigenvalue weighted by molar-refractivity contribution is -0.384. The van der Waals surface area contributed by atoms with Crippen molar-refractivity contribution < 1.29 is 15.1 Å². The van der Waals surface area contributed by atoms with Crippen LogP contribution in [0.15, 0.2) is 53.5 Å². The second-order valence-electron chi connectivity index (χ2n) is 5.03. The van der Waals surface area contributed by atoms with Gasteiger partial charge in [-0.25, -0.2) is 0 Å². The molecule has 0 aliphatic heterocycles. The average Bonchev–Trinajstić information content (AvgIpc) is 2.57. The van der Waals surface area contributed by atoms with E-state index in [1.54, 1.807) is 6.07 Å². The molecule has 0 fully saturated rings. The molecule has 0 atom stereocenters. The predicted molar refractivity (Wildman–Crippen MR) is 92.6 cm³/mol. The van der Waals surface area contributed by atoms with E-state index in [2.05, 4.69) is 4.99 Å². The molecule has 3 aromatic carbocycles. The first kappa shape index (κ1) is 15.8. The van der Waals surface area contributed by atoms with Gasteiger partial charge in [-0.15, -0.1) is 0 Å². The smallest absolute Gasteiger partial charge is 0.273 e. The molecule has 0 heterocycles. The maximum absolute atomic E-state index is 10.9. The number of hydrogen-bond donors (Lipinski definition) is 2. The van der Waals surface area contributed by atoms with Crippen molar-refractivity contribution in [1.29, 1.82) is 0 Å². The minimum atomic E-state index is -0.625. The summed E-state index contributed by atoms with van der Waals surface area (Å²) in [5.41, 5.74) is 0.101. The van der Waals surface area contributed by atoms with Crippen LogP contribution in [0.25, 0.3) is 10.8 Å². The SMILES string of the molecule is O=[N+]([O-])c1cc(Cl)c(O)c(N=Cc2c(O)ccc3ccccc23)c1. The Morgan fingerprint density at radius 2 is 1.88 bits per heavy atom. The number of hydrogen-bond acceptors (Lipinski definition) is 5. The summed E-state index contributed by atoms with van der Waals surface area (Å²) in [6, 6.07) is 12.8. The molecule has 0 amide bonds. The van der Waals surface area contributed by atoms with Crippen LogP contribution in [0.5, 0.6) is 11.5 Å². The first-order valence-electron chi connectivity index (χ1n) is 6.89.